The van der Waals surface area contributed by atoms with E-state index in [-0.39, 0.29) is 5.78 Å². The van der Waals surface area contributed by atoms with E-state index in [2.05, 4.69) is 58.8 Å². The van der Waals surface area contributed by atoms with E-state index in [9.17, 15) is 9.90 Å². The molecule has 13 nitrogen and oxygen atoms in total. The lowest BCUT2D eigenvalue weighted by Crippen LogP contribution is -2.31. The molecule has 0 saturated carbocycles. The van der Waals surface area contributed by atoms with E-state index in [1.165, 1.54) is 26.4 Å². The second-order valence-electron chi connectivity index (χ2n) is 16.5. The first-order valence-corrected chi connectivity index (χ1v) is 22.1. The molecule has 4 aliphatic rings. The van der Waals surface area contributed by atoms with E-state index in [4.69, 9.17) is 15.2 Å². The lowest BCUT2D eigenvalue weighted by molar-refractivity contribution is -0.134. The fourth-order valence-corrected chi connectivity index (χ4v) is 11.3. The molecule has 5 N–H and O–H groups in total. The van der Waals surface area contributed by atoms with Gasteiger partial charge in [0.2, 0.25) is 0 Å². The number of carbonyl (C=O) groups is 1. The number of anilines is 4. The van der Waals surface area contributed by atoms with Crippen LogP contribution in [0.15, 0.2) is 46.9 Å². The molecule has 310 valence electrons. The number of methoxy groups -OCH3 is 2. The standard InChI is InChI=1S/C25H28N4O3S.C20H21N5OS/c1-25(2,31)21(30)7-5-14-4-6-17-20(8-14)33-24-22(17)23(27-13-28-24)29-18-9-15-11-26-12-16(15)10-19(18)32-3;1-26-16-6-13-9-22-8-12(13)5-15(16)25-19-18-14-3-2-11(7-21)4-17(14)27-20(18)24-10-23-19/h9-11,13-14,31H,4-8,12H2,1-3H3,(H,27,28,29);5-6,8,10-11H,2-4,7,9,21H2,1H3,(H,23,24,25). The number of aryl methyl sites for hydroxylation is 2. The number of aromatic nitrogens is 4. The maximum absolute atomic E-state index is 12.1. The number of nitrogens with zero attached hydrogens (tertiary/aromatic N) is 6. The summed E-state index contributed by atoms with van der Waals surface area (Å²) in [5.74, 6) is 4.14. The van der Waals surface area contributed by atoms with E-state index in [1.807, 2.05) is 18.5 Å². The number of nitrogens with one attached hydrogen (secondary N) is 2. The topological polar surface area (TPSA) is 182 Å². The van der Waals surface area contributed by atoms with E-state index >= 15 is 0 Å². The van der Waals surface area contributed by atoms with Gasteiger partial charge < -0.3 is 30.9 Å². The van der Waals surface area contributed by atoms with Crippen LogP contribution in [0.1, 0.15) is 82.7 Å². The second kappa shape index (κ2) is 16.6. The molecule has 4 aromatic heterocycles. The lowest BCUT2D eigenvalue weighted by Gasteiger charge is -2.23. The Hall–Kier alpha value is -5.35. The zero-order valence-electron chi connectivity index (χ0n) is 34.3. The highest BCUT2D eigenvalue weighted by atomic mass is 32.1. The first-order chi connectivity index (χ1) is 29.1. The van der Waals surface area contributed by atoms with Crippen LogP contribution in [0.2, 0.25) is 0 Å². The number of aliphatic hydroxyl groups is 1. The van der Waals surface area contributed by atoms with Gasteiger partial charge in [-0.3, -0.25) is 14.8 Å². The van der Waals surface area contributed by atoms with Crippen molar-refractivity contribution in [1.82, 2.24) is 19.9 Å². The minimum atomic E-state index is -1.25. The van der Waals surface area contributed by atoms with Crippen molar-refractivity contribution < 1.29 is 19.4 Å². The van der Waals surface area contributed by atoms with Crippen molar-refractivity contribution >= 4 is 84.3 Å². The smallest absolute Gasteiger partial charge is 0.163 e. The van der Waals surface area contributed by atoms with Crippen LogP contribution >= 0.6 is 22.7 Å². The van der Waals surface area contributed by atoms with E-state index in [1.54, 1.807) is 63.4 Å². The van der Waals surface area contributed by atoms with Crippen LogP contribution in [-0.2, 0) is 43.6 Å². The molecule has 6 aromatic rings. The van der Waals surface area contributed by atoms with Crippen molar-refractivity contribution in [2.45, 2.75) is 83.9 Å². The zero-order chi connectivity index (χ0) is 41.5. The monoisotopic (exact) mass is 843 g/mol. The Balaban J connectivity index is 0.000000157. The average Bonchev–Trinajstić information content (AvgIpc) is 4.06. The normalized spacial score (nSPS) is 17.4. The van der Waals surface area contributed by atoms with Gasteiger partial charge in [-0.2, -0.15) is 0 Å². The molecule has 0 saturated heterocycles. The van der Waals surface area contributed by atoms with Gasteiger partial charge in [0.05, 0.1) is 49.5 Å². The molecule has 2 aliphatic carbocycles. The zero-order valence-corrected chi connectivity index (χ0v) is 35.9. The van der Waals surface area contributed by atoms with Gasteiger partial charge in [-0.1, -0.05) is 0 Å². The van der Waals surface area contributed by atoms with Crippen LogP contribution in [0.3, 0.4) is 0 Å². The van der Waals surface area contributed by atoms with Crippen molar-refractivity contribution in [3.05, 3.63) is 80.1 Å². The van der Waals surface area contributed by atoms with Crippen LogP contribution in [0.5, 0.6) is 11.5 Å². The number of nitrogens with two attached hydrogens (primary N) is 1. The summed E-state index contributed by atoms with van der Waals surface area (Å²) in [5, 5.41) is 19.1. The van der Waals surface area contributed by atoms with Crippen LogP contribution < -0.4 is 25.8 Å². The minimum absolute atomic E-state index is 0.0877. The Kier molecular flexibility index (Phi) is 11.1. The molecule has 10 rings (SSSR count). The van der Waals surface area contributed by atoms with Crippen molar-refractivity contribution in [3.63, 3.8) is 0 Å². The first kappa shape index (κ1) is 40.1. The molecular formula is C45H49N9O4S2. The fourth-order valence-electron chi connectivity index (χ4n) is 8.70. The summed E-state index contributed by atoms with van der Waals surface area (Å²) >= 11 is 3.49. The van der Waals surface area contributed by atoms with Gasteiger partial charge in [-0.25, -0.2) is 19.9 Å². The lowest BCUT2D eigenvalue weighted by atomic mass is 9.83. The van der Waals surface area contributed by atoms with Gasteiger partial charge in [0.15, 0.2) is 5.78 Å². The first-order valence-electron chi connectivity index (χ1n) is 20.5. The molecule has 0 bridgehead atoms. The number of Topliss-reactive ketones (excluding diaryl/α,β-unsaturated/α-hetero) is 1. The average molecular weight is 844 g/mol. The molecular weight excluding hydrogens is 795 g/mol. The van der Waals surface area contributed by atoms with Gasteiger partial charge in [0.1, 0.15) is 51.1 Å². The predicted octanol–water partition coefficient (Wildman–Crippen LogP) is 8.04. The molecule has 0 fully saturated rings. The Morgan fingerprint density at radius 1 is 0.783 bits per heavy atom. The van der Waals surface area contributed by atoms with E-state index in [0.29, 0.717) is 31.3 Å². The molecule has 0 radical (unpaired) electrons. The Bertz CT molecular complexity index is 2680. The van der Waals surface area contributed by atoms with Crippen LogP contribution in [0.4, 0.5) is 23.0 Å². The van der Waals surface area contributed by atoms with Crippen molar-refractivity contribution in [2.24, 2.45) is 27.6 Å². The minimum Gasteiger partial charge on any atom is -0.495 e. The Morgan fingerprint density at radius 3 is 1.77 bits per heavy atom. The number of thiophene rings is 2. The third-order valence-corrected chi connectivity index (χ3v) is 14.4. The van der Waals surface area contributed by atoms with Crippen LogP contribution in [-0.4, -0.2) is 69.6 Å². The van der Waals surface area contributed by atoms with E-state index in [0.717, 1.165) is 123 Å². The van der Waals surface area contributed by atoms with Gasteiger partial charge in [0, 0.05) is 28.6 Å². The maximum atomic E-state index is 12.1. The van der Waals surface area contributed by atoms with Gasteiger partial charge in [-0.15, -0.1) is 22.7 Å². The number of carbonyl (C=O) groups excluding carboxylic acids is 1. The predicted molar refractivity (Wildman–Crippen MR) is 241 cm³/mol. The highest BCUT2D eigenvalue weighted by Gasteiger charge is 2.29. The third-order valence-electron chi connectivity index (χ3n) is 12.1. The third kappa shape index (κ3) is 7.86. The summed E-state index contributed by atoms with van der Waals surface area (Å²) in [7, 11) is 3.37. The van der Waals surface area contributed by atoms with Crippen LogP contribution in [0, 0.1) is 11.8 Å². The maximum Gasteiger partial charge on any atom is 0.163 e. The van der Waals surface area contributed by atoms with Crippen LogP contribution in [0.25, 0.3) is 20.4 Å². The largest absolute Gasteiger partial charge is 0.495 e. The number of aliphatic imine (C=N–C) groups is 2. The summed E-state index contributed by atoms with van der Waals surface area (Å²) in [6.45, 7) is 5.28. The summed E-state index contributed by atoms with van der Waals surface area (Å²) < 4.78 is 11.2. The summed E-state index contributed by atoms with van der Waals surface area (Å²) in [4.78, 5) is 43.8. The number of hydrogen-bond donors (Lipinski definition) is 4. The van der Waals surface area contributed by atoms with Crippen molar-refractivity contribution in [1.29, 1.82) is 0 Å². The number of fused-ring (bicyclic) bond motifs is 8. The molecule has 0 spiro atoms. The molecule has 0 amide bonds. The number of hydrogen-bond acceptors (Lipinski definition) is 15. The second-order valence-corrected chi connectivity index (χ2v) is 18.6. The van der Waals surface area contributed by atoms with Gasteiger partial charge >= 0.3 is 0 Å². The summed E-state index contributed by atoms with van der Waals surface area (Å²) in [5.41, 5.74) is 13.7. The highest BCUT2D eigenvalue weighted by Crippen LogP contribution is 2.44. The number of rotatable bonds is 11. The SMILES string of the molecule is COc1cc2c(cc1Nc1ncnc3sc4c(c13)CCC(CCC(=O)C(C)(C)O)C4)C=NC2.COc1cc2c(cc1Nc1ncnc3sc4c(c13)CCC(CN)C4)C=NC2. The molecule has 2 aromatic carbocycles. The number of benzene rings is 2. The van der Waals surface area contributed by atoms with Crippen molar-refractivity contribution in [3.8, 4) is 11.5 Å². The summed E-state index contributed by atoms with van der Waals surface area (Å²) in [6.07, 6.45) is 14.4. The Labute approximate surface area is 356 Å². The van der Waals surface area contributed by atoms with Crippen molar-refractivity contribution in [2.75, 3.05) is 31.4 Å². The summed E-state index contributed by atoms with van der Waals surface area (Å²) in [6, 6.07) is 8.23. The molecule has 6 heterocycles. The molecule has 2 atom stereocenters. The quantitative estimate of drug-likeness (QED) is 0.0991. The van der Waals surface area contributed by atoms with Gasteiger partial charge in [0.25, 0.3) is 0 Å². The number of ether oxygens (including phenoxy) is 2. The fraction of sp³-hybridized carbons (Fsp3) is 0.400. The van der Waals surface area contributed by atoms with E-state index < -0.39 is 5.60 Å². The molecule has 60 heavy (non-hydrogen) atoms. The highest BCUT2D eigenvalue weighted by molar-refractivity contribution is 7.19. The molecule has 2 aliphatic heterocycles. The number of ketones is 1. The van der Waals surface area contributed by atoms with Gasteiger partial charge in [-0.05, 0) is 135 Å². The Morgan fingerprint density at radius 2 is 1.28 bits per heavy atom. The molecule has 15 heteroatoms. The molecule has 2 unspecified atom stereocenters.